The molecule has 2 heterocycles. The van der Waals surface area contributed by atoms with E-state index in [0.29, 0.717) is 23.1 Å². The summed E-state index contributed by atoms with van der Waals surface area (Å²) in [5.41, 5.74) is 1.34. The molecular formula is C19H17F3N2O2S. The second-order valence-corrected chi connectivity index (χ2v) is 8.70. The van der Waals surface area contributed by atoms with Crippen molar-refractivity contribution in [2.75, 3.05) is 20.6 Å². The lowest BCUT2D eigenvalue weighted by Gasteiger charge is -2.21. The van der Waals surface area contributed by atoms with Crippen LogP contribution in [0.25, 0.3) is 22.0 Å². The molecule has 2 aromatic carbocycles. The summed E-state index contributed by atoms with van der Waals surface area (Å²) in [4.78, 5) is 1.68. The maximum Gasteiger partial charge on any atom is 0.416 e. The van der Waals surface area contributed by atoms with Crippen molar-refractivity contribution in [1.29, 1.82) is 0 Å². The van der Waals surface area contributed by atoms with Gasteiger partial charge in [-0.05, 0) is 38.2 Å². The number of alkyl halides is 3. The van der Waals surface area contributed by atoms with E-state index in [1.807, 2.05) is 25.1 Å². The Bertz CT molecular complexity index is 1160. The van der Waals surface area contributed by atoms with Crippen LogP contribution in [-0.4, -0.2) is 37.9 Å². The highest BCUT2D eigenvalue weighted by Crippen LogP contribution is 2.43. The van der Waals surface area contributed by atoms with Crippen LogP contribution in [0.2, 0.25) is 0 Å². The van der Waals surface area contributed by atoms with Crippen LogP contribution in [0.5, 0.6) is 0 Å². The van der Waals surface area contributed by atoms with E-state index in [1.54, 1.807) is 12.1 Å². The molecule has 27 heavy (non-hydrogen) atoms. The van der Waals surface area contributed by atoms with Crippen LogP contribution in [0.4, 0.5) is 13.2 Å². The van der Waals surface area contributed by atoms with Gasteiger partial charge in [0.25, 0.3) is 10.0 Å². The van der Waals surface area contributed by atoms with Crippen molar-refractivity contribution < 1.29 is 21.6 Å². The SMILES string of the molecule is CN(C)CCc1cn2c3c(cccc13)-c1ccc(C(F)(F)F)cc1S2(=O)=O. The zero-order chi connectivity index (χ0) is 19.6. The fourth-order valence-corrected chi connectivity index (χ4v) is 5.15. The van der Waals surface area contributed by atoms with E-state index in [0.717, 1.165) is 33.6 Å². The molecule has 0 spiro atoms. The Balaban J connectivity index is 2.00. The number of hydrogen-bond acceptors (Lipinski definition) is 3. The quantitative estimate of drug-likeness (QED) is 0.528. The first-order valence-corrected chi connectivity index (χ1v) is 9.79. The highest BCUT2D eigenvalue weighted by atomic mass is 32.2. The highest BCUT2D eigenvalue weighted by Gasteiger charge is 2.36. The Morgan fingerprint density at radius 3 is 2.48 bits per heavy atom. The number of halogens is 3. The third-order valence-corrected chi connectivity index (χ3v) is 6.54. The molecule has 0 fully saturated rings. The van der Waals surface area contributed by atoms with Crippen molar-refractivity contribution in [2.45, 2.75) is 17.5 Å². The molecule has 1 aliphatic heterocycles. The van der Waals surface area contributed by atoms with Gasteiger partial charge in [-0.1, -0.05) is 24.3 Å². The molecular weight excluding hydrogens is 377 g/mol. The third kappa shape index (κ3) is 2.74. The standard InChI is InChI=1S/C19H17F3N2O2S/c1-23(2)9-8-12-11-24-18-14(12)4-3-5-16(18)15-7-6-13(19(20,21)22)10-17(15)27(24,25)26/h3-7,10-11H,8-9H2,1-2H3. The van der Waals surface area contributed by atoms with Gasteiger partial charge in [0.2, 0.25) is 0 Å². The van der Waals surface area contributed by atoms with Crippen LogP contribution >= 0.6 is 0 Å². The lowest BCUT2D eigenvalue weighted by Crippen LogP contribution is -2.18. The average Bonchev–Trinajstić information content (AvgIpc) is 2.97. The summed E-state index contributed by atoms with van der Waals surface area (Å²) in [6.07, 6.45) is -2.43. The average molecular weight is 394 g/mol. The second-order valence-electron chi connectivity index (χ2n) is 6.92. The van der Waals surface area contributed by atoms with Crippen molar-refractivity contribution in [3.63, 3.8) is 0 Å². The Labute approximate surface area is 154 Å². The van der Waals surface area contributed by atoms with Gasteiger partial charge in [0, 0.05) is 29.3 Å². The molecule has 1 aliphatic rings. The van der Waals surface area contributed by atoms with Gasteiger partial charge in [0.1, 0.15) is 0 Å². The lowest BCUT2D eigenvalue weighted by atomic mass is 9.99. The number of fused-ring (bicyclic) bond motifs is 2. The molecule has 1 aromatic heterocycles. The van der Waals surface area contributed by atoms with E-state index in [4.69, 9.17) is 0 Å². The number of rotatable bonds is 3. The summed E-state index contributed by atoms with van der Waals surface area (Å²) in [5.74, 6) is 0. The van der Waals surface area contributed by atoms with Gasteiger partial charge in [-0.2, -0.15) is 13.2 Å². The molecule has 0 bridgehead atoms. The first-order chi connectivity index (χ1) is 12.6. The van der Waals surface area contributed by atoms with Crippen LogP contribution in [0.15, 0.2) is 47.5 Å². The summed E-state index contributed by atoms with van der Waals surface area (Å²) in [6.45, 7) is 0.731. The molecule has 0 N–H and O–H groups in total. The third-order valence-electron chi connectivity index (χ3n) is 4.84. The maximum absolute atomic E-state index is 13.1. The number of benzene rings is 2. The zero-order valence-corrected chi connectivity index (χ0v) is 15.5. The molecule has 0 saturated carbocycles. The van der Waals surface area contributed by atoms with Crippen molar-refractivity contribution in [2.24, 2.45) is 0 Å². The van der Waals surface area contributed by atoms with E-state index in [2.05, 4.69) is 0 Å². The van der Waals surface area contributed by atoms with Gasteiger partial charge < -0.3 is 4.90 Å². The Kier molecular flexibility index (Phi) is 3.91. The van der Waals surface area contributed by atoms with Gasteiger partial charge in [-0.15, -0.1) is 0 Å². The van der Waals surface area contributed by atoms with Gasteiger partial charge in [0.15, 0.2) is 0 Å². The van der Waals surface area contributed by atoms with E-state index in [1.165, 1.54) is 12.3 Å². The van der Waals surface area contributed by atoms with E-state index in [9.17, 15) is 21.6 Å². The predicted octanol–water partition coefficient (Wildman–Crippen LogP) is 3.98. The molecule has 0 aliphatic carbocycles. The molecule has 4 nitrogen and oxygen atoms in total. The van der Waals surface area contributed by atoms with Crippen LogP contribution in [0.1, 0.15) is 11.1 Å². The normalized spacial score (nSPS) is 15.3. The number of para-hydroxylation sites is 1. The highest BCUT2D eigenvalue weighted by molar-refractivity contribution is 7.90. The molecule has 3 aromatic rings. The first kappa shape index (κ1) is 18.1. The van der Waals surface area contributed by atoms with Crippen LogP contribution < -0.4 is 0 Å². The maximum atomic E-state index is 13.1. The van der Waals surface area contributed by atoms with Gasteiger partial charge in [-0.3, -0.25) is 0 Å². The summed E-state index contributed by atoms with van der Waals surface area (Å²) in [7, 11) is -0.256. The Morgan fingerprint density at radius 2 is 1.81 bits per heavy atom. The Morgan fingerprint density at radius 1 is 1.07 bits per heavy atom. The summed E-state index contributed by atoms with van der Waals surface area (Å²) >= 11 is 0. The molecule has 0 saturated heterocycles. The minimum absolute atomic E-state index is 0.304. The van der Waals surface area contributed by atoms with E-state index < -0.39 is 21.8 Å². The van der Waals surface area contributed by atoms with Crippen molar-refractivity contribution >= 4 is 20.9 Å². The van der Waals surface area contributed by atoms with Gasteiger partial charge in [0.05, 0.1) is 16.0 Å². The van der Waals surface area contributed by atoms with Crippen LogP contribution in [-0.2, 0) is 22.6 Å². The number of aromatic nitrogens is 1. The number of likely N-dealkylation sites (N-methyl/N-ethyl adjacent to an activating group) is 1. The van der Waals surface area contributed by atoms with Crippen molar-refractivity contribution in [3.05, 3.63) is 53.7 Å². The lowest BCUT2D eigenvalue weighted by molar-refractivity contribution is -0.137. The summed E-state index contributed by atoms with van der Waals surface area (Å²) in [6, 6.07) is 8.31. The van der Waals surface area contributed by atoms with Crippen molar-refractivity contribution in [1.82, 2.24) is 8.87 Å². The Hall–Kier alpha value is -2.32. The number of nitrogens with zero attached hydrogens (tertiary/aromatic N) is 2. The molecule has 8 heteroatoms. The van der Waals surface area contributed by atoms with Gasteiger partial charge >= 0.3 is 6.18 Å². The molecule has 0 radical (unpaired) electrons. The number of hydrogen-bond donors (Lipinski definition) is 0. The summed E-state index contributed by atoms with van der Waals surface area (Å²) in [5, 5.41) is 0.809. The van der Waals surface area contributed by atoms with Gasteiger partial charge in [-0.25, -0.2) is 12.4 Å². The topological polar surface area (TPSA) is 42.3 Å². The predicted molar refractivity (Wildman–Crippen MR) is 97.2 cm³/mol. The minimum atomic E-state index is -4.61. The molecule has 4 rings (SSSR count). The van der Waals surface area contributed by atoms with E-state index >= 15 is 0 Å². The second kappa shape index (κ2) is 5.84. The smallest absolute Gasteiger partial charge is 0.309 e. The molecule has 0 unspecified atom stereocenters. The van der Waals surface area contributed by atoms with Crippen LogP contribution in [0, 0.1) is 0 Å². The molecule has 0 atom stereocenters. The fourth-order valence-electron chi connectivity index (χ4n) is 3.51. The molecule has 142 valence electrons. The monoisotopic (exact) mass is 394 g/mol. The summed E-state index contributed by atoms with van der Waals surface area (Å²) < 4.78 is 66.6. The largest absolute Gasteiger partial charge is 0.416 e. The first-order valence-electron chi connectivity index (χ1n) is 8.35. The minimum Gasteiger partial charge on any atom is -0.309 e. The fraction of sp³-hybridized carbons (Fsp3) is 0.263. The van der Waals surface area contributed by atoms with Crippen LogP contribution in [0.3, 0.4) is 0 Å². The zero-order valence-electron chi connectivity index (χ0n) is 14.7. The van der Waals surface area contributed by atoms with Crippen molar-refractivity contribution in [3.8, 4) is 11.1 Å². The van der Waals surface area contributed by atoms with E-state index in [-0.39, 0.29) is 4.90 Å². The molecule has 0 amide bonds.